The molecule has 0 amide bonds. The average Bonchev–Trinajstić information content (AvgIpc) is 2.24. The summed E-state index contributed by atoms with van der Waals surface area (Å²) in [5.41, 5.74) is 2.28. The molecule has 76 valence electrons. The van der Waals surface area contributed by atoms with Gasteiger partial charge >= 0.3 is 0 Å². The van der Waals surface area contributed by atoms with Crippen LogP contribution in [0, 0.1) is 7.14 Å². The van der Waals surface area contributed by atoms with Gasteiger partial charge in [-0.2, -0.15) is 0 Å². The number of hydrogen-bond donors (Lipinski definition) is 1. The van der Waals surface area contributed by atoms with E-state index in [2.05, 4.69) is 80.8 Å². The molecule has 15 heavy (non-hydrogen) atoms. The second kappa shape index (κ2) is 5.16. The molecule has 0 saturated heterocycles. The number of anilines is 2. The highest BCUT2D eigenvalue weighted by molar-refractivity contribution is 14.1. The van der Waals surface area contributed by atoms with Gasteiger partial charge in [-0.05, 0) is 75.5 Å². The molecule has 2 aromatic carbocycles. The molecule has 0 heterocycles. The van der Waals surface area contributed by atoms with Crippen LogP contribution in [-0.4, -0.2) is 0 Å². The first-order valence-electron chi connectivity index (χ1n) is 4.53. The Labute approximate surface area is 117 Å². The van der Waals surface area contributed by atoms with E-state index in [1.165, 1.54) is 7.14 Å². The first kappa shape index (κ1) is 11.2. The van der Waals surface area contributed by atoms with Crippen LogP contribution in [-0.2, 0) is 0 Å². The molecule has 0 radical (unpaired) electrons. The van der Waals surface area contributed by atoms with Crippen LogP contribution >= 0.6 is 45.2 Å². The zero-order valence-electron chi connectivity index (χ0n) is 7.87. The number of para-hydroxylation sites is 1. The van der Waals surface area contributed by atoms with Crippen molar-refractivity contribution in [1.29, 1.82) is 0 Å². The Hall–Kier alpha value is -0.300. The van der Waals surface area contributed by atoms with Gasteiger partial charge in [0.25, 0.3) is 0 Å². The fraction of sp³-hybridized carbons (Fsp3) is 0. The van der Waals surface area contributed by atoms with E-state index in [1.54, 1.807) is 0 Å². The topological polar surface area (TPSA) is 12.0 Å². The summed E-state index contributed by atoms with van der Waals surface area (Å²) in [5, 5.41) is 3.39. The number of nitrogens with one attached hydrogen (secondary N) is 1. The average molecular weight is 421 g/mol. The highest BCUT2D eigenvalue weighted by Gasteiger charge is 1.99. The Morgan fingerprint density at radius 1 is 0.867 bits per heavy atom. The molecule has 1 N–H and O–H groups in total. The zero-order valence-corrected chi connectivity index (χ0v) is 12.2. The number of halogens is 2. The molecule has 2 aromatic rings. The fourth-order valence-corrected chi connectivity index (χ4v) is 3.01. The summed E-state index contributed by atoms with van der Waals surface area (Å²) in [6, 6.07) is 16.6. The van der Waals surface area contributed by atoms with E-state index in [-0.39, 0.29) is 0 Å². The van der Waals surface area contributed by atoms with Gasteiger partial charge < -0.3 is 5.32 Å². The van der Waals surface area contributed by atoms with E-state index >= 15 is 0 Å². The number of benzene rings is 2. The Balaban J connectivity index is 2.25. The molecule has 0 unspecified atom stereocenters. The third-order valence-electron chi connectivity index (χ3n) is 1.98. The van der Waals surface area contributed by atoms with Crippen molar-refractivity contribution in [1.82, 2.24) is 0 Å². The van der Waals surface area contributed by atoms with Crippen molar-refractivity contribution in [2.75, 3.05) is 5.32 Å². The zero-order chi connectivity index (χ0) is 10.7. The SMILES string of the molecule is Ic1ccc(Nc2ccccc2)c(I)c1. The second-order valence-electron chi connectivity index (χ2n) is 3.12. The Bertz CT molecular complexity index is 454. The minimum Gasteiger partial charge on any atom is -0.355 e. The fourth-order valence-electron chi connectivity index (χ4n) is 1.27. The second-order valence-corrected chi connectivity index (χ2v) is 5.52. The minimum atomic E-state index is 1.12. The lowest BCUT2D eigenvalue weighted by Gasteiger charge is -2.08. The normalized spacial score (nSPS) is 10.0. The molecule has 0 spiro atoms. The van der Waals surface area contributed by atoms with Crippen molar-refractivity contribution in [3.8, 4) is 0 Å². The molecule has 0 bridgehead atoms. The molecular weight excluding hydrogens is 412 g/mol. The predicted octanol–water partition coefficient (Wildman–Crippen LogP) is 4.64. The van der Waals surface area contributed by atoms with E-state index in [1.807, 2.05) is 18.2 Å². The third-order valence-corrected chi connectivity index (χ3v) is 3.55. The molecule has 0 aromatic heterocycles. The number of hydrogen-bond acceptors (Lipinski definition) is 1. The Kier molecular flexibility index (Phi) is 3.85. The molecule has 0 atom stereocenters. The maximum Gasteiger partial charge on any atom is 0.0520 e. The van der Waals surface area contributed by atoms with Gasteiger partial charge in [0.15, 0.2) is 0 Å². The summed E-state index contributed by atoms with van der Waals surface area (Å²) < 4.78 is 2.50. The summed E-state index contributed by atoms with van der Waals surface area (Å²) in [7, 11) is 0. The lowest BCUT2D eigenvalue weighted by Crippen LogP contribution is -1.92. The monoisotopic (exact) mass is 421 g/mol. The van der Waals surface area contributed by atoms with Gasteiger partial charge in [0.2, 0.25) is 0 Å². The van der Waals surface area contributed by atoms with E-state index < -0.39 is 0 Å². The first-order chi connectivity index (χ1) is 7.25. The van der Waals surface area contributed by atoms with Crippen molar-refractivity contribution < 1.29 is 0 Å². The van der Waals surface area contributed by atoms with Gasteiger partial charge in [-0.3, -0.25) is 0 Å². The molecule has 0 aliphatic heterocycles. The standard InChI is InChI=1S/C12H9I2N/c13-9-6-7-12(11(14)8-9)15-10-4-2-1-3-5-10/h1-8,15H. The summed E-state index contributed by atoms with van der Waals surface area (Å²) in [6.45, 7) is 0. The van der Waals surface area contributed by atoms with Crippen molar-refractivity contribution in [2.45, 2.75) is 0 Å². The van der Waals surface area contributed by atoms with Gasteiger partial charge in [-0.15, -0.1) is 0 Å². The Morgan fingerprint density at radius 2 is 1.60 bits per heavy atom. The largest absolute Gasteiger partial charge is 0.355 e. The molecule has 0 fully saturated rings. The summed E-state index contributed by atoms with van der Waals surface area (Å²) in [6.07, 6.45) is 0. The lowest BCUT2D eigenvalue weighted by atomic mass is 10.3. The summed E-state index contributed by atoms with van der Waals surface area (Å²) in [5.74, 6) is 0. The van der Waals surface area contributed by atoms with Crippen LogP contribution < -0.4 is 5.32 Å². The molecule has 3 heteroatoms. The van der Waals surface area contributed by atoms with Crippen molar-refractivity contribution in [3.05, 3.63) is 55.7 Å². The highest BCUT2D eigenvalue weighted by atomic mass is 127. The molecule has 0 aliphatic rings. The van der Waals surface area contributed by atoms with Gasteiger partial charge in [0.05, 0.1) is 5.69 Å². The first-order valence-corrected chi connectivity index (χ1v) is 6.68. The van der Waals surface area contributed by atoms with Crippen LogP contribution in [0.5, 0.6) is 0 Å². The summed E-state index contributed by atoms with van der Waals surface area (Å²) in [4.78, 5) is 0. The molecule has 2 rings (SSSR count). The maximum absolute atomic E-state index is 3.39. The maximum atomic E-state index is 3.39. The van der Waals surface area contributed by atoms with Crippen molar-refractivity contribution in [3.63, 3.8) is 0 Å². The molecule has 0 aliphatic carbocycles. The highest BCUT2D eigenvalue weighted by Crippen LogP contribution is 2.24. The third kappa shape index (κ3) is 3.07. The molecular formula is C12H9I2N. The van der Waals surface area contributed by atoms with E-state index in [0.717, 1.165) is 11.4 Å². The smallest absolute Gasteiger partial charge is 0.0520 e. The van der Waals surface area contributed by atoms with Gasteiger partial charge in [-0.25, -0.2) is 0 Å². The van der Waals surface area contributed by atoms with Gasteiger partial charge in [0, 0.05) is 12.8 Å². The van der Waals surface area contributed by atoms with Crippen LogP contribution in [0.15, 0.2) is 48.5 Å². The van der Waals surface area contributed by atoms with Crippen LogP contribution in [0.3, 0.4) is 0 Å². The lowest BCUT2D eigenvalue weighted by molar-refractivity contribution is 1.50. The number of rotatable bonds is 2. The molecule has 0 saturated carbocycles. The van der Waals surface area contributed by atoms with Crippen LogP contribution in [0.4, 0.5) is 11.4 Å². The van der Waals surface area contributed by atoms with Crippen LogP contribution in [0.25, 0.3) is 0 Å². The van der Waals surface area contributed by atoms with E-state index in [9.17, 15) is 0 Å². The van der Waals surface area contributed by atoms with Crippen molar-refractivity contribution in [2.24, 2.45) is 0 Å². The molecule has 1 nitrogen and oxygen atoms in total. The van der Waals surface area contributed by atoms with Crippen molar-refractivity contribution >= 4 is 56.6 Å². The minimum absolute atomic E-state index is 1.12. The Morgan fingerprint density at radius 3 is 2.27 bits per heavy atom. The van der Waals surface area contributed by atoms with Crippen LogP contribution in [0.2, 0.25) is 0 Å². The van der Waals surface area contributed by atoms with Gasteiger partial charge in [0.1, 0.15) is 0 Å². The summed E-state index contributed by atoms with van der Waals surface area (Å²) >= 11 is 4.67. The predicted molar refractivity (Wildman–Crippen MR) is 81.6 cm³/mol. The quantitative estimate of drug-likeness (QED) is 0.698. The van der Waals surface area contributed by atoms with Crippen LogP contribution in [0.1, 0.15) is 0 Å². The van der Waals surface area contributed by atoms with Gasteiger partial charge in [-0.1, -0.05) is 18.2 Å². The van der Waals surface area contributed by atoms with E-state index in [4.69, 9.17) is 0 Å². The van der Waals surface area contributed by atoms with E-state index in [0.29, 0.717) is 0 Å².